The second-order valence-corrected chi connectivity index (χ2v) is 13.5. The molecule has 1 aromatic rings. The minimum atomic E-state index is -1.62. The highest BCUT2D eigenvalue weighted by Crippen LogP contribution is 2.35. The van der Waals surface area contributed by atoms with Crippen molar-refractivity contribution < 1.29 is 14.7 Å². The second kappa shape index (κ2) is 9.76. The molecule has 1 aromatic carbocycles. The minimum absolute atomic E-state index is 0.0127. The summed E-state index contributed by atoms with van der Waals surface area (Å²) in [7, 11) is -2.65. The Balaban J connectivity index is 0.000000254. The third-order valence-electron chi connectivity index (χ3n) is 4.90. The van der Waals surface area contributed by atoms with Gasteiger partial charge in [0.25, 0.3) is 0 Å². The quantitative estimate of drug-likeness (QED) is 0.815. The van der Waals surface area contributed by atoms with E-state index in [9.17, 15) is 0 Å². The zero-order valence-electron chi connectivity index (χ0n) is 16.2. The van der Waals surface area contributed by atoms with Crippen LogP contribution in [0.1, 0.15) is 40.0 Å². The molecule has 2 N–H and O–H groups in total. The van der Waals surface area contributed by atoms with E-state index in [-0.39, 0.29) is 6.10 Å². The molecule has 0 radical (unpaired) electrons. The molecule has 3 nitrogen and oxygen atoms in total. The van der Waals surface area contributed by atoms with E-state index in [0.29, 0.717) is 17.8 Å². The molecular weight excluding hydrogens is 315 g/mol. The summed E-state index contributed by atoms with van der Waals surface area (Å²) in [6.45, 7) is 13.6. The highest BCUT2D eigenvalue weighted by atomic mass is 28.3. The van der Waals surface area contributed by atoms with E-state index in [0.717, 1.165) is 12.8 Å². The SMILES string of the molecule is CC1CCC(C(C)C)C(OB(O)O)C1.C[Si](C)(C)c1ccccc1. The highest BCUT2D eigenvalue weighted by molar-refractivity contribution is 6.88. The van der Waals surface area contributed by atoms with E-state index in [2.05, 4.69) is 70.7 Å². The summed E-state index contributed by atoms with van der Waals surface area (Å²) in [4.78, 5) is 0. The van der Waals surface area contributed by atoms with Crippen LogP contribution in [0.3, 0.4) is 0 Å². The van der Waals surface area contributed by atoms with E-state index in [4.69, 9.17) is 14.7 Å². The minimum Gasteiger partial charge on any atom is -0.402 e. The van der Waals surface area contributed by atoms with Gasteiger partial charge in [-0.25, -0.2) is 0 Å². The fraction of sp³-hybridized carbons (Fsp3) is 0.684. The number of rotatable bonds is 4. The van der Waals surface area contributed by atoms with Gasteiger partial charge in [-0.15, -0.1) is 0 Å². The second-order valence-electron chi connectivity index (χ2n) is 8.44. The van der Waals surface area contributed by atoms with Crippen LogP contribution < -0.4 is 5.19 Å². The molecular formula is C19H35BO3Si. The lowest BCUT2D eigenvalue weighted by Gasteiger charge is -2.37. The van der Waals surface area contributed by atoms with Gasteiger partial charge < -0.3 is 14.7 Å². The molecule has 1 aliphatic carbocycles. The number of hydrogen-bond acceptors (Lipinski definition) is 3. The lowest BCUT2D eigenvalue weighted by Crippen LogP contribution is -2.38. The molecule has 0 bridgehead atoms. The molecule has 136 valence electrons. The molecule has 0 aromatic heterocycles. The molecule has 0 saturated heterocycles. The van der Waals surface area contributed by atoms with Crippen molar-refractivity contribution in [2.75, 3.05) is 0 Å². The van der Waals surface area contributed by atoms with Crippen molar-refractivity contribution in [1.29, 1.82) is 0 Å². The first-order chi connectivity index (χ1) is 11.1. The van der Waals surface area contributed by atoms with Gasteiger partial charge >= 0.3 is 7.32 Å². The normalized spacial score (nSPS) is 24.3. The van der Waals surface area contributed by atoms with E-state index < -0.39 is 15.4 Å². The first-order valence-electron chi connectivity index (χ1n) is 9.18. The molecule has 1 fully saturated rings. The Bertz CT molecular complexity index is 457. The topological polar surface area (TPSA) is 49.7 Å². The van der Waals surface area contributed by atoms with Crippen LogP contribution in [-0.4, -0.2) is 31.5 Å². The van der Waals surface area contributed by atoms with Crippen LogP contribution in [0, 0.1) is 17.8 Å². The Labute approximate surface area is 149 Å². The Kier molecular flexibility index (Phi) is 8.71. The van der Waals surface area contributed by atoms with Crippen LogP contribution in [0.25, 0.3) is 0 Å². The third-order valence-corrected chi connectivity index (χ3v) is 6.96. The summed E-state index contributed by atoms with van der Waals surface area (Å²) in [5.74, 6) is 1.65. The highest BCUT2D eigenvalue weighted by Gasteiger charge is 2.33. The Morgan fingerprint density at radius 3 is 2.08 bits per heavy atom. The smallest absolute Gasteiger partial charge is 0.402 e. The van der Waals surface area contributed by atoms with Gasteiger partial charge in [-0.05, 0) is 30.6 Å². The largest absolute Gasteiger partial charge is 0.634 e. The van der Waals surface area contributed by atoms with Crippen molar-refractivity contribution in [2.45, 2.75) is 65.8 Å². The van der Waals surface area contributed by atoms with Gasteiger partial charge in [0, 0.05) is 6.10 Å². The lowest BCUT2D eigenvalue weighted by atomic mass is 9.75. The van der Waals surface area contributed by atoms with E-state index in [1.807, 2.05) is 0 Å². The van der Waals surface area contributed by atoms with Gasteiger partial charge in [-0.2, -0.15) is 0 Å². The van der Waals surface area contributed by atoms with Crippen LogP contribution in [0.15, 0.2) is 30.3 Å². The Morgan fingerprint density at radius 2 is 1.67 bits per heavy atom. The average Bonchev–Trinajstić information content (AvgIpc) is 2.47. The fourth-order valence-electron chi connectivity index (χ4n) is 3.37. The van der Waals surface area contributed by atoms with Crippen LogP contribution in [-0.2, 0) is 4.65 Å². The molecule has 5 heteroatoms. The first kappa shape index (κ1) is 21.4. The predicted octanol–water partition coefficient (Wildman–Crippen LogP) is 3.67. The summed E-state index contributed by atoms with van der Waals surface area (Å²) in [5.41, 5.74) is 0. The lowest BCUT2D eigenvalue weighted by molar-refractivity contribution is 0.0121. The molecule has 0 spiro atoms. The van der Waals surface area contributed by atoms with E-state index >= 15 is 0 Å². The van der Waals surface area contributed by atoms with Crippen molar-refractivity contribution in [1.82, 2.24) is 0 Å². The van der Waals surface area contributed by atoms with Crippen molar-refractivity contribution in [2.24, 2.45) is 17.8 Å². The Morgan fingerprint density at radius 1 is 1.08 bits per heavy atom. The van der Waals surface area contributed by atoms with Crippen molar-refractivity contribution in [3.8, 4) is 0 Å². The van der Waals surface area contributed by atoms with Gasteiger partial charge in [-0.1, -0.05) is 82.4 Å². The van der Waals surface area contributed by atoms with Gasteiger partial charge in [0.05, 0.1) is 8.07 Å². The van der Waals surface area contributed by atoms with Crippen LogP contribution in [0.4, 0.5) is 0 Å². The average molecular weight is 350 g/mol. The van der Waals surface area contributed by atoms with E-state index in [1.165, 1.54) is 11.6 Å². The van der Waals surface area contributed by atoms with E-state index in [1.54, 1.807) is 0 Å². The fourth-order valence-corrected chi connectivity index (χ4v) is 4.56. The summed E-state index contributed by atoms with van der Waals surface area (Å²) >= 11 is 0. The molecule has 3 atom stereocenters. The van der Waals surface area contributed by atoms with Crippen LogP contribution in [0.2, 0.25) is 19.6 Å². The first-order valence-corrected chi connectivity index (χ1v) is 12.7. The zero-order chi connectivity index (χ0) is 18.3. The summed E-state index contributed by atoms with van der Waals surface area (Å²) in [6, 6.07) is 10.8. The summed E-state index contributed by atoms with van der Waals surface area (Å²) < 4.78 is 5.15. The number of hydrogen-bond donors (Lipinski definition) is 2. The van der Waals surface area contributed by atoms with Crippen LogP contribution in [0.5, 0.6) is 0 Å². The molecule has 0 amide bonds. The maximum Gasteiger partial charge on any atom is 0.634 e. The number of benzene rings is 1. The third kappa shape index (κ3) is 7.51. The van der Waals surface area contributed by atoms with Crippen molar-refractivity contribution >= 4 is 20.6 Å². The van der Waals surface area contributed by atoms with Gasteiger partial charge in [0.2, 0.25) is 0 Å². The van der Waals surface area contributed by atoms with Gasteiger partial charge in [0.1, 0.15) is 0 Å². The molecule has 0 aliphatic heterocycles. The van der Waals surface area contributed by atoms with Gasteiger partial charge in [0.15, 0.2) is 0 Å². The standard InChI is InChI=1S/C10H21BO3.C9H14Si/c1-7(2)9-5-4-8(3)6-10(9)14-11(12)13;1-10(2,3)9-7-5-4-6-8-9/h7-10,12-13H,4-6H2,1-3H3;4-8H,1-3H3. The molecule has 0 heterocycles. The predicted molar refractivity (Wildman–Crippen MR) is 106 cm³/mol. The van der Waals surface area contributed by atoms with Crippen molar-refractivity contribution in [3.05, 3.63) is 30.3 Å². The molecule has 3 unspecified atom stereocenters. The maximum atomic E-state index is 8.82. The van der Waals surface area contributed by atoms with Crippen molar-refractivity contribution in [3.63, 3.8) is 0 Å². The molecule has 24 heavy (non-hydrogen) atoms. The summed E-state index contributed by atoms with van der Waals surface area (Å²) in [6.07, 6.45) is 3.32. The van der Waals surface area contributed by atoms with Crippen LogP contribution >= 0.6 is 0 Å². The molecule has 2 rings (SSSR count). The Hall–Kier alpha value is -0.618. The molecule has 1 aliphatic rings. The monoisotopic (exact) mass is 350 g/mol. The maximum absolute atomic E-state index is 8.82. The van der Waals surface area contributed by atoms with Gasteiger partial charge in [-0.3, -0.25) is 0 Å². The molecule has 1 saturated carbocycles. The summed E-state index contributed by atoms with van der Waals surface area (Å²) in [5, 5.41) is 19.2. The zero-order valence-corrected chi connectivity index (χ0v) is 17.2.